The molecule has 4 nitrogen and oxygen atoms in total. The van der Waals surface area contributed by atoms with Gasteiger partial charge >= 0.3 is 6.18 Å². The number of aromatic nitrogens is 1. The van der Waals surface area contributed by atoms with Gasteiger partial charge in [0.05, 0.1) is 16.3 Å². The lowest BCUT2D eigenvalue weighted by Crippen LogP contribution is -2.51. The molecule has 0 bridgehead atoms. The third-order valence-electron chi connectivity index (χ3n) is 4.92. The summed E-state index contributed by atoms with van der Waals surface area (Å²) >= 11 is 1.18. The molecule has 0 atom stereocenters. The first kappa shape index (κ1) is 18.5. The maximum Gasteiger partial charge on any atom is 0.417 e. The Morgan fingerprint density at radius 1 is 1.16 bits per heavy atom. The highest BCUT2D eigenvalue weighted by molar-refractivity contribution is 7.99. The summed E-state index contributed by atoms with van der Waals surface area (Å²) in [4.78, 5) is 20.4. The van der Waals surface area contributed by atoms with E-state index in [2.05, 4.69) is 9.88 Å². The first-order valence-electron chi connectivity index (χ1n) is 8.61. The summed E-state index contributed by atoms with van der Waals surface area (Å²) in [6, 6.07) is 3.00. The van der Waals surface area contributed by atoms with Crippen LogP contribution in [0.1, 0.15) is 31.2 Å². The van der Waals surface area contributed by atoms with Crippen molar-refractivity contribution in [3.05, 3.63) is 23.9 Å². The molecule has 1 aromatic heterocycles. The summed E-state index contributed by atoms with van der Waals surface area (Å²) in [6.45, 7) is 3.30. The molecule has 0 N–H and O–H groups in total. The molecule has 1 saturated carbocycles. The average molecular weight is 373 g/mol. The van der Waals surface area contributed by atoms with Gasteiger partial charge in [-0.05, 0) is 25.0 Å². The van der Waals surface area contributed by atoms with E-state index >= 15 is 0 Å². The molecule has 0 spiro atoms. The molecule has 2 fully saturated rings. The Kier molecular flexibility index (Phi) is 5.89. The summed E-state index contributed by atoms with van der Waals surface area (Å²) < 4.78 is 37.5. The van der Waals surface area contributed by atoms with Crippen LogP contribution in [0.4, 0.5) is 13.2 Å². The normalized spacial score (nSPS) is 20.2. The van der Waals surface area contributed by atoms with Crippen LogP contribution in [0.2, 0.25) is 0 Å². The largest absolute Gasteiger partial charge is 0.417 e. The van der Waals surface area contributed by atoms with Crippen molar-refractivity contribution in [3.8, 4) is 0 Å². The number of hydrogen-bond acceptors (Lipinski definition) is 4. The van der Waals surface area contributed by atoms with Crippen LogP contribution in [0, 0.1) is 0 Å². The van der Waals surface area contributed by atoms with Crippen molar-refractivity contribution in [2.24, 2.45) is 0 Å². The van der Waals surface area contributed by atoms with E-state index in [-0.39, 0.29) is 11.7 Å². The van der Waals surface area contributed by atoms with Crippen LogP contribution in [-0.2, 0) is 11.0 Å². The lowest BCUT2D eigenvalue weighted by Gasteiger charge is -2.38. The molecule has 2 aliphatic rings. The number of alkyl halides is 3. The molecule has 2 heterocycles. The highest BCUT2D eigenvalue weighted by Gasteiger charge is 2.31. The highest BCUT2D eigenvalue weighted by Crippen LogP contribution is 2.29. The zero-order valence-corrected chi connectivity index (χ0v) is 14.8. The van der Waals surface area contributed by atoms with Crippen LogP contribution in [0.3, 0.4) is 0 Å². The Balaban J connectivity index is 1.43. The van der Waals surface area contributed by atoms with E-state index in [0.29, 0.717) is 11.1 Å². The number of piperazine rings is 1. The van der Waals surface area contributed by atoms with E-state index in [1.54, 1.807) is 0 Å². The Hall–Kier alpha value is -1.28. The number of amides is 1. The van der Waals surface area contributed by atoms with E-state index in [9.17, 15) is 18.0 Å². The van der Waals surface area contributed by atoms with Crippen LogP contribution in [0.5, 0.6) is 0 Å². The number of nitrogens with zero attached hydrogens (tertiary/aromatic N) is 3. The fourth-order valence-corrected chi connectivity index (χ4v) is 4.21. The van der Waals surface area contributed by atoms with Crippen LogP contribution in [-0.4, -0.2) is 58.7 Å². The lowest BCUT2D eigenvalue weighted by atomic mass is 10.2. The van der Waals surface area contributed by atoms with Crippen molar-refractivity contribution in [2.45, 2.75) is 42.9 Å². The zero-order chi connectivity index (χ0) is 17.9. The molecule has 0 radical (unpaired) electrons. The second kappa shape index (κ2) is 7.95. The average Bonchev–Trinajstić information content (AvgIpc) is 3.14. The van der Waals surface area contributed by atoms with Crippen LogP contribution in [0.15, 0.2) is 23.4 Å². The monoisotopic (exact) mass is 373 g/mol. The number of halogens is 3. The van der Waals surface area contributed by atoms with Crippen LogP contribution < -0.4 is 0 Å². The maximum absolute atomic E-state index is 12.5. The summed E-state index contributed by atoms with van der Waals surface area (Å²) in [5, 5.41) is 0.436. The zero-order valence-electron chi connectivity index (χ0n) is 14.0. The molecule has 1 amide bonds. The van der Waals surface area contributed by atoms with Gasteiger partial charge in [0.15, 0.2) is 0 Å². The van der Waals surface area contributed by atoms with Gasteiger partial charge < -0.3 is 4.90 Å². The predicted octanol–water partition coefficient (Wildman–Crippen LogP) is 3.28. The molecule has 8 heteroatoms. The van der Waals surface area contributed by atoms with Crippen molar-refractivity contribution in [3.63, 3.8) is 0 Å². The molecule has 1 aromatic rings. The summed E-state index contributed by atoms with van der Waals surface area (Å²) in [7, 11) is 0. The third-order valence-corrected chi connectivity index (χ3v) is 5.84. The fraction of sp³-hybridized carbons (Fsp3) is 0.647. The number of hydrogen-bond donors (Lipinski definition) is 0. The topological polar surface area (TPSA) is 36.4 Å². The minimum Gasteiger partial charge on any atom is -0.339 e. The first-order chi connectivity index (χ1) is 11.9. The van der Waals surface area contributed by atoms with E-state index in [0.717, 1.165) is 38.4 Å². The SMILES string of the molecule is O=C(CSc1ccc(C(F)(F)F)cn1)N1CCN(C2CCCC2)CC1. The Morgan fingerprint density at radius 2 is 1.84 bits per heavy atom. The van der Waals surface area contributed by atoms with Gasteiger partial charge in [0, 0.05) is 38.4 Å². The Labute approximate surface area is 149 Å². The van der Waals surface area contributed by atoms with Crippen LogP contribution >= 0.6 is 11.8 Å². The van der Waals surface area contributed by atoms with Gasteiger partial charge in [0.25, 0.3) is 0 Å². The van der Waals surface area contributed by atoms with Gasteiger partial charge in [0.2, 0.25) is 5.91 Å². The number of pyridine rings is 1. The predicted molar refractivity (Wildman–Crippen MR) is 90.4 cm³/mol. The van der Waals surface area contributed by atoms with Crippen LogP contribution in [0.25, 0.3) is 0 Å². The molecular formula is C17H22F3N3OS. The second-order valence-electron chi connectivity index (χ2n) is 6.53. The second-order valence-corrected chi connectivity index (χ2v) is 7.52. The minimum absolute atomic E-state index is 0.0257. The quantitative estimate of drug-likeness (QED) is 0.759. The van der Waals surface area contributed by atoms with Gasteiger partial charge in [-0.25, -0.2) is 4.98 Å². The summed E-state index contributed by atoms with van der Waals surface area (Å²) in [6.07, 6.45) is 1.58. The standard InChI is InChI=1S/C17H22F3N3OS/c18-17(19,20)13-5-6-15(21-11-13)25-12-16(24)23-9-7-22(8-10-23)14-3-1-2-4-14/h5-6,11,14H,1-4,7-10,12H2. The summed E-state index contributed by atoms with van der Waals surface area (Å²) in [5.41, 5.74) is -0.772. The van der Waals surface area contributed by atoms with Gasteiger partial charge in [-0.15, -0.1) is 0 Å². The molecule has 138 valence electrons. The number of thioether (sulfide) groups is 1. The molecule has 1 aliphatic heterocycles. The molecule has 1 aliphatic carbocycles. The van der Waals surface area contributed by atoms with Crippen molar-refractivity contribution in [1.29, 1.82) is 0 Å². The Bertz CT molecular complexity index is 580. The molecular weight excluding hydrogens is 351 g/mol. The minimum atomic E-state index is -4.38. The molecule has 25 heavy (non-hydrogen) atoms. The van der Waals surface area contributed by atoms with E-state index in [4.69, 9.17) is 0 Å². The number of carbonyl (C=O) groups excluding carboxylic acids is 1. The number of rotatable bonds is 4. The van der Waals surface area contributed by atoms with Gasteiger partial charge in [-0.3, -0.25) is 9.69 Å². The highest BCUT2D eigenvalue weighted by atomic mass is 32.2. The molecule has 0 aromatic carbocycles. The van der Waals surface area contributed by atoms with Gasteiger partial charge in [-0.2, -0.15) is 13.2 Å². The van der Waals surface area contributed by atoms with Crippen molar-refractivity contribution >= 4 is 17.7 Å². The van der Waals surface area contributed by atoms with E-state index < -0.39 is 11.7 Å². The van der Waals surface area contributed by atoms with Crippen molar-refractivity contribution in [2.75, 3.05) is 31.9 Å². The van der Waals surface area contributed by atoms with Crippen molar-refractivity contribution in [1.82, 2.24) is 14.8 Å². The van der Waals surface area contributed by atoms with Crippen molar-refractivity contribution < 1.29 is 18.0 Å². The smallest absolute Gasteiger partial charge is 0.339 e. The summed E-state index contributed by atoms with van der Waals surface area (Å²) in [5.74, 6) is 0.236. The lowest BCUT2D eigenvalue weighted by molar-refractivity contribution is -0.138. The van der Waals surface area contributed by atoms with E-state index in [1.807, 2.05) is 4.90 Å². The van der Waals surface area contributed by atoms with Gasteiger partial charge in [0.1, 0.15) is 0 Å². The fourth-order valence-electron chi connectivity index (χ4n) is 3.47. The van der Waals surface area contributed by atoms with E-state index in [1.165, 1.54) is 43.5 Å². The molecule has 1 saturated heterocycles. The third kappa shape index (κ3) is 4.88. The first-order valence-corrected chi connectivity index (χ1v) is 9.60. The Morgan fingerprint density at radius 3 is 2.40 bits per heavy atom. The molecule has 3 rings (SSSR count). The molecule has 0 unspecified atom stereocenters. The maximum atomic E-state index is 12.5. The number of carbonyl (C=O) groups is 1. The van der Waals surface area contributed by atoms with Gasteiger partial charge in [-0.1, -0.05) is 24.6 Å².